The molecule has 37 heavy (non-hydrogen) atoms. The van der Waals surface area contributed by atoms with Crippen LogP contribution in [0.5, 0.6) is 11.5 Å². The van der Waals surface area contributed by atoms with Gasteiger partial charge in [0.2, 0.25) is 0 Å². The molecule has 0 aliphatic carbocycles. The van der Waals surface area contributed by atoms with Crippen molar-refractivity contribution in [3.63, 3.8) is 0 Å². The first-order valence-corrected chi connectivity index (χ1v) is 12.4. The minimum absolute atomic E-state index is 0.0502. The third-order valence-corrected chi connectivity index (χ3v) is 6.74. The molecule has 0 aromatic heterocycles. The van der Waals surface area contributed by atoms with Crippen LogP contribution in [0.2, 0.25) is 0 Å². The molecule has 0 saturated carbocycles. The molecule has 1 saturated heterocycles. The lowest BCUT2D eigenvalue weighted by molar-refractivity contribution is -0.139. The average Bonchev–Trinajstić information content (AvgIpc) is 3.41. The van der Waals surface area contributed by atoms with Gasteiger partial charge >= 0.3 is 0 Å². The third kappa shape index (κ3) is 4.87. The fourth-order valence-electron chi connectivity index (χ4n) is 5.01. The zero-order valence-electron chi connectivity index (χ0n) is 20.7. The molecule has 5 rings (SSSR count). The Morgan fingerprint density at radius 1 is 1.11 bits per heavy atom. The first-order valence-electron chi connectivity index (χ1n) is 12.4. The van der Waals surface area contributed by atoms with Gasteiger partial charge in [-0.15, -0.1) is 0 Å². The lowest BCUT2D eigenvalue weighted by atomic mass is 9.94. The van der Waals surface area contributed by atoms with Crippen LogP contribution in [0.3, 0.4) is 0 Å². The lowest BCUT2D eigenvalue weighted by Gasteiger charge is -2.26. The zero-order valence-corrected chi connectivity index (χ0v) is 20.7. The number of benzene rings is 3. The Morgan fingerprint density at radius 3 is 2.70 bits per heavy atom. The maximum atomic E-state index is 13.4. The van der Waals surface area contributed by atoms with Crippen LogP contribution in [0.25, 0.3) is 5.76 Å². The van der Waals surface area contributed by atoms with E-state index < -0.39 is 17.7 Å². The van der Waals surface area contributed by atoms with E-state index in [4.69, 9.17) is 9.47 Å². The number of aliphatic hydroxyl groups is 1. The average molecular weight is 496 g/mol. The van der Waals surface area contributed by atoms with Gasteiger partial charge in [-0.05, 0) is 60.4 Å². The van der Waals surface area contributed by atoms with Gasteiger partial charge in [-0.2, -0.15) is 0 Å². The summed E-state index contributed by atoms with van der Waals surface area (Å²) < 4.78 is 11.5. The highest BCUT2D eigenvalue weighted by molar-refractivity contribution is 6.46. The summed E-state index contributed by atoms with van der Waals surface area (Å²) in [6.07, 6.45) is 2.99. The van der Waals surface area contributed by atoms with E-state index in [1.54, 1.807) is 29.2 Å². The summed E-state index contributed by atoms with van der Waals surface area (Å²) in [6, 6.07) is 21.7. The topological polar surface area (TPSA) is 76.1 Å². The van der Waals surface area contributed by atoms with E-state index in [-0.39, 0.29) is 17.4 Å². The highest BCUT2D eigenvalue weighted by Crippen LogP contribution is 2.41. The molecule has 0 bridgehead atoms. The van der Waals surface area contributed by atoms with Gasteiger partial charge in [-0.3, -0.25) is 9.59 Å². The molecule has 2 aliphatic rings. The molecule has 2 heterocycles. The van der Waals surface area contributed by atoms with Crippen LogP contribution in [0.1, 0.15) is 35.2 Å². The number of fused-ring (bicyclic) bond motifs is 1. The van der Waals surface area contributed by atoms with E-state index in [0.29, 0.717) is 42.9 Å². The minimum Gasteiger partial charge on any atom is -0.507 e. The van der Waals surface area contributed by atoms with Crippen molar-refractivity contribution in [1.82, 2.24) is 4.90 Å². The summed E-state index contributed by atoms with van der Waals surface area (Å²) in [5, 5.41) is 11.4. The molecule has 188 valence electrons. The first-order chi connectivity index (χ1) is 18.0. The fourth-order valence-corrected chi connectivity index (χ4v) is 5.01. The van der Waals surface area contributed by atoms with Gasteiger partial charge in [0.25, 0.3) is 11.7 Å². The van der Waals surface area contributed by atoms with E-state index in [1.165, 1.54) is 0 Å². The summed E-state index contributed by atoms with van der Waals surface area (Å²) in [6.45, 7) is 6.32. The highest BCUT2D eigenvalue weighted by atomic mass is 16.5. The Labute approximate surface area is 216 Å². The predicted octanol–water partition coefficient (Wildman–Crippen LogP) is 5.24. The summed E-state index contributed by atoms with van der Waals surface area (Å²) >= 11 is 0. The smallest absolute Gasteiger partial charge is 0.295 e. The molecule has 6 nitrogen and oxygen atoms in total. The minimum atomic E-state index is -0.751. The fraction of sp³-hybridized carbons (Fsp3) is 0.226. The number of nitrogens with zero attached hydrogens (tertiary/aromatic N) is 1. The van der Waals surface area contributed by atoms with Crippen LogP contribution >= 0.6 is 0 Å². The second kappa shape index (κ2) is 10.3. The lowest BCUT2D eigenvalue weighted by Crippen LogP contribution is -2.31. The number of hydrogen-bond acceptors (Lipinski definition) is 5. The van der Waals surface area contributed by atoms with Gasteiger partial charge in [0.05, 0.1) is 11.6 Å². The van der Waals surface area contributed by atoms with Crippen LogP contribution in [0, 0.1) is 0 Å². The van der Waals surface area contributed by atoms with Crippen LogP contribution in [0.15, 0.2) is 91.0 Å². The van der Waals surface area contributed by atoms with E-state index in [0.717, 1.165) is 16.9 Å². The van der Waals surface area contributed by atoms with Crippen molar-refractivity contribution >= 4 is 17.4 Å². The number of aliphatic hydroxyl groups excluding tert-OH is 1. The molecular formula is C31H29NO5. The number of amides is 1. The Hall–Kier alpha value is -4.32. The Bertz CT molecular complexity index is 1380. The van der Waals surface area contributed by atoms with Crippen molar-refractivity contribution in [1.29, 1.82) is 0 Å². The Balaban J connectivity index is 1.57. The van der Waals surface area contributed by atoms with Gasteiger partial charge in [0, 0.05) is 18.5 Å². The number of likely N-dealkylation sites (tertiary alicyclic amines) is 1. The van der Waals surface area contributed by atoms with Crippen molar-refractivity contribution in [2.24, 2.45) is 0 Å². The van der Waals surface area contributed by atoms with E-state index >= 15 is 0 Å². The molecular weight excluding hydrogens is 466 g/mol. The molecule has 2 atom stereocenters. The quantitative estimate of drug-likeness (QED) is 0.200. The van der Waals surface area contributed by atoms with Crippen molar-refractivity contribution in [3.8, 4) is 11.5 Å². The molecule has 0 radical (unpaired) electrons. The van der Waals surface area contributed by atoms with Crippen LogP contribution < -0.4 is 9.47 Å². The van der Waals surface area contributed by atoms with Crippen molar-refractivity contribution < 1.29 is 24.2 Å². The number of ketones is 1. The molecule has 0 spiro atoms. The van der Waals surface area contributed by atoms with Crippen LogP contribution in [0.4, 0.5) is 0 Å². The maximum Gasteiger partial charge on any atom is 0.295 e. The highest BCUT2D eigenvalue weighted by Gasteiger charge is 2.46. The van der Waals surface area contributed by atoms with Gasteiger partial charge in [0.1, 0.15) is 30.0 Å². The van der Waals surface area contributed by atoms with E-state index in [1.807, 2.05) is 61.5 Å². The van der Waals surface area contributed by atoms with Crippen LogP contribution in [-0.2, 0) is 22.4 Å². The third-order valence-electron chi connectivity index (χ3n) is 6.74. The molecule has 2 aliphatic heterocycles. The first kappa shape index (κ1) is 24.4. The second-order valence-corrected chi connectivity index (χ2v) is 9.36. The summed E-state index contributed by atoms with van der Waals surface area (Å²) in [5.74, 6) is -0.146. The number of Topliss-reactive ketones (excluding diaryl/α,β-unsaturated/α-hetero) is 1. The van der Waals surface area contributed by atoms with Crippen molar-refractivity contribution in [2.45, 2.75) is 31.9 Å². The number of carbonyl (C=O) groups is 2. The molecule has 1 N–H and O–H groups in total. The SMILES string of the molecule is C=CCOc1cccc(C2/C(=C(/O)c3ccc4c(c3)CC(C)O4)C(=O)C(=O)N2CCc2ccccc2)c1. The molecule has 6 heteroatoms. The van der Waals surface area contributed by atoms with Gasteiger partial charge < -0.3 is 19.5 Å². The van der Waals surface area contributed by atoms with Crippen molar-refractivity contribution in [2.75, 3.05) is 13.2 Å². The monoisotopic (exact) mass is 495 g/mol. The van der Waals surface area contributed by atoms with E-state index in [2.05, 4.69) is 6.58 Å². The molecule has 1 amide bonds. The maximum absolute atomic E-state index is 13.4. The summed E-state index contributed by atoms with van der Waals surface area (Å²) in [7, 11) is 0. The summed E-state index contributed by atoms with van der Waals surface area (Å²) in [4.78, 5) is 28.2. The van der Waals surface area contributed by atoms with Crippen LogP contribution in [-0.4, -0.2) is 41.0 Å². The largest absolute Gasteiger partial charge is 0.507 e. The standard InChI is InChI=1S/C31H29NO5/c1-3-16-36-25-11-7-10-22(19-25)28-27(29(33)23-12-13-26-24(18-23)17-20(2)37-26)30(34)31(35)32(28)15-14-21-8-5-4-6-9-21/h3-13,18-20,28,33H,1,14-17H2,2H3/b29-27-. The van der Waals surface area contributed by atoms with E-state index in [9.17, 15) is 14.7 Å². The molecule has 1 fully saturated rings. The molecule has 3 aromatic rings. The number of carbonyl (C=O) groups excluding carboxylic acids is 2. The Kier molecular flexibility index (Phi) is 6.82. The number of ether oxygens (including phenoxy) is 2. The number of hydrogen-bond donors (Lipinski definition) is 1. The number of rotatable bonds is 8. The van der Waals surface area contributed by atoms with Gasteiger partial charge in [-0.1, -0.05) is 55.1 Å². The molecule has 3 aromatic carbocycles. The predicted molar refractivity (Wildman–Crippen MR) is 142 cm³/mol. The van der Waals surface area contributed by atoms with Gasteiger partial charge in [0.15, 0.2) is 0 Å². The second-order valence-electron chi connectivity index (χ2n) is 9.36. The molecule has 2 unspecified atom stereocenters. The van der Waals surface area contributed by atoms with Gasteiger partial charge in [-0.25, -0.2) is 0 Å². The zero-order chi connectivity index (χ0) is 25.9. The summed E-state index contributed by atoms with van der Waals surface area (Å²) in [5.41, 5.74) is 3.27. The van der Waals surface area contributed by atoms with Crippen molar-refractivity contribution in [3.05, 3.63) is 113 Å². The normalized spacial score (nSPS) is 20.0. The Morgan fingerprint density at radius 2 is 1.92 bits per heavy atom.